The van der Waals surface area contributed by atoms with Crippen LogP contribution in [-0.2, 0) is 9.47 Å². The Bertz CT molecular complexity index is 488. The summed E-state index contributed by atoms with van der Waals surface area (Å²) in [6.07, 6.45) is 0. The topological polar surface area (TPSA) is 56.3 Å². The van der Waals surface area contributed by atoms with Crippen molar-refractivity contribution >= 4 is 5.69 Å². The molecule has 7 heteroatoms. The zero-order valence-corrected chi connectivity index (χ0v) is 13.7. The molecule has 2 fully saturated rings. The van der Waals surface area contributed by atoms with Crippen LogP contribution in [0.15, 0.2) is 12.1 Å². The highest BCUT2D eigenvalue weighted by molar-refractivity contribution is 5.51. The standard InChI is InChI=1S/C16H25N3O4/c1-20-15-12-14(19-5-9-22-10-6-19)13-16(17-15)23-11-4-18-2-7-21-8-3-18/h12-13H,2-11H2,1H3. The zero-order chi connectivity index (χ0) is 15.9. The molecule has 2 aliphatic rings. The molecular weight excluding hydrogens is 298 g/mol. The van der Waals surface area contributed by atoms with Gasteiger partial charge in [-0.3, -0.25) is 4.90 Å². The SMILES string of the molecule is COc1cc(N2CCOCC2)cc(OCCN2CCOCC2)n1. The van der Waals surface area contributed by atoms with Gasteiger partial charge in [0, 0.05) is 50.5 Å². The van der Waals surface area contributed by atoms with E-state index in [0.29, 0.717) is 18.4 Å². The predicted octanol–water partition coefficient (Wildman–Crippen LogP) is 0.638. The maximum absolute atomic E-state index is 5.85. The van der Waals surface area contributed by atoms with Crippen LogP contribution >= 0.6 is 0 Å². The third-order valence-corrected chi connectivity index (χ3v) is 4.11. The summed E-state index contributed by atoms with van der Waals surface area (Å²) in [5, 5.41) is 0. The molecule has 0 saturated carbocycles. The van der Waals surface area contributed by atoms with E-state index in [1.54, 1.807) is 7.11 Å². The third kappa shape index (κ3) is 4.70. The van der Waals surface area contributed by atoms with E-state index in [1.807, 2.05) is 12.1 Å². The van der Waals surface area contributed by atoms with E-state index >= 15 is 0 Å². The maximum Gasteiger partial charge on any atom is 0.218 e. The molecule has 0 N–H and O–H groups in total. The molecule has 0 aliphatic carbocycles. The quantitative estimate of drug-likeness (QED) is 0.761. The van der Waals surface area contributed by atoms with E-state index in [4.69, 9.17) is 18.9 Å². The first-order valence-electron chi connectivity index (χ1n) is 8.17. The molecule has 2 aliphatic heterocycles. The van der Waals surface area contributed by atoms with Crippen LogP contribution in [0.25, 0.3) is 0 Å². The lowest BCUT2D eigenvalue weighted by atomic mass is 10.3. The summed E-state index contributed by atoms with van der Waals surface area (Å²) in [5.74, 6) is 1.19. The maximum atomic E-state index is 5.85. The van der Waals surface area contributed by atoms with Crippen molar-refractivity contribution in [3.63, 3.8) is 0 Å². The molecular formula is C16H25N3O4. The lowest BCUT2D eigenvalue weighted by molar-refractivity contribution is 0.0320. The highest BCUT2D eigenvalue weighted by Gasteiger charge is 2.15. The largest absolute Gasteiger partial charge is 0.481 e. The Labute approximate surface area is 137 Å². The number of anilines is 1. The van der Waals surface area contributed by atoms with Crippen molar-refractivity contribution in [3.8, 4) is 11.8 Å². The molecule has 0 bridgehead atoms. The van der Waals surface area contributed by atoms with E-state index in [-0.39, 0.29) is 0 Å². The molecule has 0 radical (unpaired) electrons. The van der Waals surface area contributed by atoms with Gasteiger partial charge in [0.1, 0.15) is 6.61 Å². The first kappa shape index (κ1) is 16.3. The molecule has 3 heterocycles. The fourth-order valence-electron chi connectivity index (χ4n) is 2.75. The monoisotopic (exact) mass is 323 g/mol. The summed E-state index contributed by atoms with van der Waals surface area (Å²) in [6, 6.07) is 3.92. The van der Waals surface area contributed by atoms with Gasteiger partial charge in [0.15, 0.2) is 0 Å². The van der Waals surface area contributed by atoms with Crippen molar-refractivity contribution in [1.29, 1.82) is 0 Å². The number of hydrogen-bond acceptors (Lipinski definition) is 7. The van der Waals surface area contributed by atoms with Gasteiger partial charge in [-0.1, -0.05) is 0 Å². The Hall–Kier alpha value is -1.57. The van der Waals surface area contributed by atoms with Gasteiger partial charge in [-0.15, -0.1) is 0 Å². The van der Waals surface area contributed by atoms with Crippen LogP contribution in [0.1, 0.15) is 0 Å². The average molecular weight is 323 g/mol. The Kier molecular flexibility index (Phi) is 5.90. The van der Waals surface area contributed by atoms with Crippen LogP contribution in [-0.4, -0.2) is 82.8 Å². The second-order valence-electron chi connectivity index (χ2n) is 5.61. The van der Waals surface area contributed by atoms with E-state index in [0.717, 1.165) is 64.8 Å². The zero-order valence-electron chi connectivity index (χ0n) is 13.7. The fraction of sp³-hybridized carbons (Fsp3) is 0.688. The minimum atomic E-state index is 0.579. The van der Waals surface area contributed by atoms with Crippen molar-refractivity contribution in [2.24, 2.45) is 0 Å². The van der Waals surface area contributed by atoms with Crippen molar-refractivity contribution in [2.45, 2.75) is 0 Å². The molecule has 1 aromatic heterocycles. The molecule has 0 aromatic carbocycles. The molecule has 0 unspecified atom stereocenters. The van der Waals surface area contributed by atoms with Crippen molar-refractivity contribution in [2.75, 3.05) is 77.8 Å². The van der Waals surface area contributed by atoms with E-state index < -0.39 is 0 Å². The third-order valence-electron chi connectivity index (χ3n) is 4.11. The number of hydrogen-bond donors (Lipinski definition) is 0. The Balaban J connectivity index is 1.58. The van der Waals surface area contributed by atoms with Crippen LogP contribution < -0.4 is 14.4 Å². The van der Waals surface area contributed by atoms with Crippen molar-refractivity contribution in [1.82, 2.24) is 9.88 Å². The van der Waals surface area contributed by atoms with Gasteiger partial charge in [0.2, 0.25) is 11.8 Å². The first-order chi connectivity index (χ1) is 11.3. The highest BCUT2D eigenvalue weighted by Crippen LogP contribution is 2.25. The van der Waals surface area contributed by atoms with Crippen LogP contribution in [0, 0.1) is 0 Å². The number of methoxy groups -OCH3 is 1. The van der Waals surface area contributed by atoms with Gasteiger partial charge in [0.25, 0.3) is 0 Å². The second kappa shape index (κ2) is 8.33. The molecule has 2 saturated heterocycles. The van der Waals surface area contributed by atoms with Gasteiger partial charge in [-0.2, -0.15) is 4.98 Å². The van der Waals surface area contributed by atoms with Gasteiger partial charge >= 0.3 is 0 Å². The lowest BCUT2D eigenvalue weighted by Gasteiger charge is -2.29. The number of pyridine rings is 1. The molecule has 1 aromatic rings. The number of rotatable bonds is 6. The van der Waals surface area contributed by atoms with Gasteiger partial charge in [-0.25, -0.2) is 0 Å². The number of nitrogens with zero attached hydrogens (tertiary/aromatic N) is 3. The van der Waals surface area contributed by atoms with Crippen LogP contribution in [0.2, 0.25) is 0 Å². The summed E-state index contributed by atoms with van der Waals surface area (Å²) in [4.78, 5) is 8.99. The van der Waals surface area contributed by atoms with Crippen LogP contribution in [0.4, 0.5) is 5.69 Å². The molecule has 3 rings (SSSR count). The molecule has 0 amide bonds. The normalized spacial score (nSPS) is 19.6. The summed E-state index contributed by atoms with van der Waals surface area (Å²) in [5.41, 5.74) is 1.07. The number of aromatic nitrogens is 1. The molecule has 23 heavy (non-hydrogen) atoms. The Morgan fingerprint density at radius 1 is 1.00 bits per heavy atom. The van der Waals surface area contributed by atoms with Crippen molar-refractivity contribution < 1.29 is 18.9 Å². The van der Waals surface area contributed by atoms with Gasteiger partial charge < -0.3 is 23.8 Å². The van der Waals surface area contributed by atoms with Crippen molar-refractivity contribution in [3.05, 3.63) is 12.1 Å². The minimum Gasteiger partial charge on any atom is -0.481 e. The molecule has 0 atom stereocenters. The lowest BCUT2D eigenvalue weighted by Crippen LogP contribution is -2.38. The fourth-order valence-corrected chi connectivity index (χ4v) is 2.75. The molecule has 0 spiro atoms. The van der Waals surface area contributed by atoms with E-state index in [9.17, 15) is 0 Å². The Morgan fingerprint density at radius 3 is 2.35 bits per heavy atom. The van der Waals surface area contributed by atoms with Crippen LogP contribution in [0.3, 0.4) is 0 Å². The average Bonchev–Trinajstić information content (AvgIpc) is 2.63. The molecule has 128 valence electrons. The summed E-state index contributed by atoms with van der Waals surface area (Å²) in [7, 11) is 1.63. The molecule has 7 nitrogen and oxygen atoms in total. The highest BCUT2D eigenvalue weighted by atomic mass is 16.5. The van der Waals surface area contributed by atoms with Crippen LogP contribution in [0.5, 0.6) is 11.8 Å². The van der Waals surface area contributed by atoms with Gasteiger partial charge in [0.05, 0.1) is 33.5 Å². The minimum absolute atomic E-state index is 0.579. The smallest absolute Gasteiger partial charge is 0.218 e. The Morgan fingerprint density at radius 2 is 1.65 bits per heavy atom. The number of morpholine rings is 2. The van der Waals surface area contributed by atoms with E-state index in [2.05, 4.69) is 14.8 Å². The first-order valence-corrected chi connectivity index (χ1v) is 8.17. The van der Waals surface area contributed by atoms with Gasteiger partial charge in [-0.05, 0) is 0 Å². The summed E-state index contributed by atoms with van der Waals surface area (Å²) in [6.45, 7) is 8.29. The number of ether oxygens (including phenoxy) is 4. The van der Waals surface area contributed by atoms with E-state index in [1.165, 1.54) is 0 Å². The summed E-state index contributed by atoms with van der Waals surface area (Å²) < 4.78 is 21.9. The predicted molar refractivity (Wildman–Crippen MR) is 86.6 cm³/mol. The second-order valence-corrected chi connectivity index (χ2v) is 5.61. The summed E-state index contributed by atoms with van der Waals surface area (Å²) >= 11 is 0.